The van der Waals surface area contributed by atoms with Crippen molar-refractivity contribution in [1.82, 2.24) is 0 Å². The molecule has 0 saturated heterocycles. The summed E-state index contributed by atoms with van der Waals surface area (Å²) >= 11 is 0. The lowest BCUT2D eigenvalue weighted by atomic mass is 10.1. The Bertz CT molecular complexity index is 1350. The van der Waals surface area contributed by atoms with Gasteiger partial charge in [-0.2, -0.15) is 0 Å². The van der Waals surface area contributed by atoms with Gasteiger partial charge in [-0.05, 0) is 89.9 Å². The van der Waals surface area contributed by atoms with Gasteiger partial charge >= 0.3 is 17.9 Å². The molecule has 0 aliphatic carbocycles. The summed E-state index contributed by atoms with van der Waals surface area (Å²) in [6.07, 6.45) is 63.5. The van der Waals surface area contributed by atoms with Crippen LogP contribution in [0.25, 0.3) is 0 Å². The van der Waals surface area contributed by atoms with Crippen molar-refractivity contribution in [3.8, 4) is 0 Å². The summed E-state index contributed by atoms with van der Waals surface area (Å²) in [5.74, 6) is -1.53. The molecule has 0 fully saturated rings. The van der Waals surface area contributed by atoms with Gasteiger partial charge in [0.15, 0.2) is 12.1 Å². The molecule has 1 N–H and O–H groups in total. The molecule has 0 saturated carbocycles. The van der Waals surface area contributed by atoms with E-state index in [1.807, 2.05) is 21.1 Å². The molecule has 0 aromatic heterocycles. The van der Waals surface area contributed by atoms with Gasteiger partial charge in [0, 0.05) is 19.3 Å². The highest BCUT2D eigenvalue weighted by Crippen LogP contribution is 2.15. The molecule has 0 spiro atoms. The zero-order valence-electron chi connectivity index (χ0n) is 43.1. The number of rotatable bonds is 47. The van der Waals surface area contributed by atoms with Gasteiger partial charge in [0.1, 0.15) is 6.61 Å². The molecule has 0 bridgehead atoms. The second kappa shape index (κ2) is 48.0. The standard InChI is InChI=1S/C58H99NO7/c1-6-8-10-12-14-16-18-20-22-24-26-28-30-32-34-36-38-40-42-44-46-48-56(60)65-53-54(52-64-51-50-55(58(62)63)59(3,4)5)66-57(61)49-47-45-43-41-39-37-35-33-31-29-27-25-23-21-19-17-15-13-11-9-7-2/h8,10,14,16,20,22,26,28-29,31-32,34,38,40,54-55H,6-7,9,11-13,15,17-19,21,23-25,27,30,33,35-37,39,41-53H2,1-5H3/p+1/b10-8+,16-14+,22-20+,28-26+,31-29+,34-32+,40-38+. The zero-order chi connectivity index (χ0) is 48.4. The molecule has 0 rings (SSSR count). The molecule has 0 aliphatic rings. The van der Waals surface area contributed by atoms with Crippen molar-refractivity contribution in [2.75, 3.05) is 41.0 Å². The summed E-state index contributed by atoms with van der Waals surface area (Å²) < 4.78 is 17.3. The van der Waals surface area contributed by atoms with E-state index in [9.17, 15) is 19.5 Å². The van der Waals surface area contributed by atoms with Gasteiger partial charge in [-0.25, -0.2) is 4.79 Å². The molecule has 8 heteroatoms. The number of esters is 2. The van der Waals surface area contributed by atoms with Crippen molar-refractivity contribution in [3.05, 3.63) is 85.1 Å². The number of hydrogen-bond donors (Lipinski definition) is 1. The normalized spacial score (nSPS) is 13.5. The van der Waals surface area contributed by atoms with E-state index in [-0.39, 0.29) is 36.2 Å². The van der Waals surface area contributed by atoms with Crippen LogP contribution in [0.4, 0.5) is 0 Å². The van der Waals surface area contributed by atoms with E-state index in [2.05, 4.69) is 98.9 Å². The van der Waals surface area contributed by atoms with Gasteiger partial charge in [-0.3, -0.25) is 9.59 Å². The molecule has 2 atom stereocenters. The van der Waals surface area contributed by atoms with Gasteiger partial charge in [-0.1, -0.05) is 189 Å². The maximum absolute atomic E-state index is 12.8. The lowest BCUT2D eigenvalue weighted by molar-refractivity contribution is -0.887. The smallest absolute Gasteiger partial charge is 0.362 e. The molecule has 2 unspecified atom stereocenters. The highest BCUT2D eigenvalue weighted by Gasteiger charge is 2.31. The Morgan fingerprint density at radius 1 is 0.470 bits per heavy atom. The predicted molar refractivity (Wildman–Crippen MR) is 280 cm³/mol. The minimum Gasteiger partial charge on any atom is -0.477 e. The van der Waals surface area contributed by atoms with Crippen LogP contribution < -0.4 is 0 Å². The molecule has 66 heavy (non-hydrogen) atoms. The summed E-state index contributed by atoms with van der Waals surface area (Å²) in [6, 6.07) is -0.627. The largest absolute Gasteiger partial charge is 0.477 e. The van der Waals surface area contributed by atoms with Crippen LogP contribution in [-0.4, -0.2) is 80.6 Å². The van der Waals surface area contributed by atoms with E-state index >= 15 is 0 Å². The Hall–Kier alpha value is -3.49. The number of carbonyl (C=O) groups excluding carboxylic acids is 2. The van der Waals surface area contributed by atoms with Crippen LogP contribution in [-0.2, 0) is 28.6 Å². The maximum atomic E-state index is 12.8. The van der Waals surface area contributed by atoms with E-state index in [4.69, 9.17) is 14.2 Å². The lowest BCUT2D eigenvalue weighted by Crippen LogP contribution is -2.50. The Balaban J connectivity index is 4.33. The fourth-order valence-electron chi connectivity index (χ4n) is 7.44. The predicted octanol–water partition coefficient (Wildman–Crippen LogP) is 15.6. The molecule has 0 aromatic rings. The Morgan fingerprint density at radius 2 is 0.848 bits per heavy atom. The minimum absolute atomic E-state index is 0.0414. The molecule has 8 nitrogen and oxygen atoms in total. The number of allylic oxidation sites excluding steroid dienone is 14. The number of nitrogens with zero attached hydrogens (tertiary/aromatic N) is 1. The first-order valence-corrected chi connectivity index (χ1v) is 26.6. The average molecular weight is 923 g/mol. The number of carboxylic acid groups (broad SMARTS) is 1. The second-order valence-electron chi connectivity index (χ2n) is 18.7. The first kappa shape index (κ1) is 62.5. The van der Waals surface area contributed by atoms with Crippen LogP contribution in [0, 0.1) is 0 Å². The minimum atomic E-state index is -0.883. The van der Waals surface area contributed by atoms with Crippen LogP contribution in [0.15, 0.2) is 85.1 Å². The summed E-state index contributed by atoms with van der Waals surface area (Å²) in [4.78, 5) is 37.2. The third kappa shape index (κ3) is 45.7. The van der Waals surface area contributed by atoms with Gasteiger partial charge in [-0.15, -0.1) is 0 Å². The van der Waals surface area contributed by atoms with Crippen LogP contribution in [0.5, 0.6) is 0 Å². The van der Waals surface area contributed by atoms with E-state index < -0.39 is 18.1 Å². The first-order valence-electron chi connectivity index (χ1n) is 26.6. The number of carboxylic acids is 1. The van der Waals surface area contributed by atoms with Gasteiger partial charge in [0.2, 0.25) is 0 Å². The van der Waals surface area contributed by atoms with E-state index in [0.717, 1.165) is 70.6 Å². The fourth-order valence-corrected chi connectivity index (χ4v) is 7.44. The topological polar surface area (TPSA) is 99.1 Å². The van der Waals surface area contributed by atoms with Crippen LogP contribution >= 0.6 is 0 Å². The lowest BCUT2D eigenvalue weighted by Gasteiger charge is -2.31. The average Bonchev–Trinajstić information content (AvgIpc) is 3.28. The summed E-state index contributed by atoms with van der Waals surface area (Å²) in [5.41, 5.74) is 0. The maximum Gasteiger partial charge on any atom is 0.362 e. The van der Waals surface area contributed by atoms with Crippen molar-refractivity contribution in [1.29, 1.82) is 0 Å². The summed E-state index contributed by atoms with van der Waals surface area (Å²) in [5, 5.41) is 9.66. The summed E-state index contributed by atoms with van der Waals surface area (Å²) in [6.45, 7) is 4.58. The second-order valence-corrected chi connectivity index (χ2v) is 18.7. The van der Waals surface area contributed by atoms with Crippen LogP contribution in [0.1, 0.15) is 213 Å². The molecular weight excluding hydrogens is 823 g/mol. The number of quaternary nitrogens is 1. The first-order chi connectivity index (χ1) is 32.1. The van der Waals surface area contributed by atoms with Gasteiger partial charge in [0.25, 0.3) is 0 Å². The molecule has 0 aromatic carbocycles. The fraction of sp³-hybridized carbons (Fsp3) is 0.707. The van der Waals surface area contributed by atoms with Crippen molar-refractivity contribution < 1.29 is 38.2 Å². The van der Waals surface area contributed by atoms with Crippen molar-refractivity contribution in [2.24, 2.45) is 0 Å². The van der Waals surface area contributed by atoms with Crippen molar-refractivity contribution in [3.63, 3.8) is 0 Å². The van der Waals surface area contributed by atoms with Crippen molar-refractivity contribution in [2.45, 2.75) is 225 Å². The van der Waals surface area contributed by atoms with Gasteiger partial charge in [0.05, 0.1) is 34.4 Å². The molecular formula is C58H100NO7+. The van der Waals surface area contributed by atoms with Crippen LogP contribution in [0.3, 0.4) is 0 Å². The van der Waals surface area contributed by atoms with E-state index in [0.29, 0.717) is 25.7 Å². The molecule has 0 heterocycles. The van der Waals surface area contributed by atoms with E-state index in [1.54, 1.807) is 0 Å². The quantitative estimate of drug-likeness (QED) is 0.0281. The van der Waals surface area contributed by atoms with E-state index in [1.165, 1.54) is 103 Å². The molecule has 0 radical (unpaired) electrons. The Labute approximate surface area is 405 Å². The zero-order valence-corrected chi connectivity index (χ0v) is 43.1. The highest BCUT2D eigenvalue weighted by molar-refractivity contribution is 5.72. The van der Waals surface area contributed by atoms with Crippen LogP contribution in [0.2, 0.25) is 0 Å². The number of ether oxygens (including phenoxy) is 3. The highest BCUT2D eigenvalue weighted by atomic mass is 16.6. The number of hydrogen-bond acceptors (Lipinski definition) is 6. The molecule has 378 valence electrons. The number of aliphatic carboxylic acids is 1. The van der Waals surface area contributed by atoms with Gasteiger partial charge < -0.3 is 23.8 Å². The van der Waals surface area contributed by atoms with Crippen molar-refractivity contribution >= 4 is 17.9 Å². The molecule has 0 amide bonds. The molecule has 0 aliphatic heterocycles. The third-order valence-electron chi connectivity index (χ3n) is 11.5. The number of likely N-dealkylation sites (N-methyl/N-ethyl adjacent to an activating group) is 1. The third-order valence-corrected chi connectivity index (χ3v) is 11.5. The SMILES string of the molecule is CC/C=C/C/C=C/C/C=C/C/C=C/C/C=C/C/C=C/CCCCC(=O)OCC(COCCC(C(=O)O)[N+](C)(C)C)OC(=O)CCCCCCCCC/C=C/CCCCCCCCCCCC. The number of unbranched alkanes of at least 4 members (excludes halogenated alkanes) is 19. The Kier molecular flexibility index (Phi) is 45.4. The Morgan fingerprint density at radius 3 is 1.30 bits per heavy atom. The summed E-state index contributed by atoms with van der Waals surface area (Å²) in [7, 11) is 5.52. The monoisotopic (exact) mass is 923 g/mol. The number of carbonyl (C=O) groups is 3.